The maximum absolute atomic E-state index is 12.5. The van der Waals surface area contributed by atoms with E-state index in [0.717, 1.165) is 16.9 Å². The number of benzene rings is 2. The quantitative estimate of drug-likeness (QED) is 0.530. The van der Waals surface area contributed by atoms with Crippen molar-refractivity contribution in [3.8, 4) is 5.75 Å². The largest absolute Gasteiger partial charge is 0.492 e. The summed E-state index contributed by atoms with van der Waals surface area (Å²) in [6, 6.07) is 15.6. The van der Waals surface area contributed by atoms with Crippen LogP contribution in [0, 0.1) is 6.92 Å². The van der Waals surface area contributed by atoms with Crippen molar-refractivity contribution in [2.45, 2.75) is 24.2 Å². The standard InChI is InChI=1S/C19H20N4O4S2/c1-13-7-6-8-15(11-13)17(24)20-18-21-22-19(28-18)29(25,26)23-14(2)12-27-16-9-4-3-5-10-16/h3-11,14,23H,12H2,1-2H3,(H,20,21,24)/t14-/m0/s1. The zero-order valence-corrected chi connectivity index (χ0v) is 17.5. The number of nitrogens with one attached hydrogen (secondary N) is 2. The maximum atomic E-state index is 12.5. The van der Waals surface area contributed by atoms with Gasteiger partial charge in [0.2, 0.25) is 9.47 Å². The SMILES string of the molecule is Cc1cccc(C(=O)Nc2nnc(S(=O)(=O)N[C@@H](C)COc3ccccc3)s2)c1. The van der Waals surface area contributed by atoms with Crippen LogP contribution in [0.5, 0.6) is 5.75 Å². The first-order chi connectivity index (χ1) is 13.8. The van der Waals surface area contributed by atoms with Gasteiger partial charge in [-0.05, 0) is 38.1 Å². The number of hydrogen-bond donors (Lipinski definition) is 2. The third-order valence-corrected chi connectivity index (χ3v) is 6.53. The second-order valence-corrected chi connectivity index (χ2v) is 9.21. The van der Waals surface area contributed by atoms with Crippen molar-refractivity contribution < 1.29 is 17.9 Å². The highest BCUT2D eigenvalue weighted by atomic mass is 32.2. The monoisotopic (exact) mass is 432 g/mol. The molecular weight excluding hydrogens is 412 g/mol. The van der Waals surface area contributed by atoms with E-state index in [2.05, 4.69) is 20.2 Å². The predicted molar refractivity (Wildman–Crippen MR) is 111 cm³/mol. The summed E-state index contributed by atoms with van der Waals surface area (Å²) < 4.78 is 32.8. The van der Waals surface area contributed by atoms with Crippen molar-refractivity contribution in [2.24, 2.45) is 0 Å². The molecule has 1 aromatic heterocycles. The van der Waals surface area contributed by atoms with Crippen LogP contribution in [-0.2, 0) is 10.0 Å². The highest BCUT2D eigenvalue weighted by Gasteiger charge is 2.23. The summed E-state index contributed by atoms with van der Waals surface area (Å²) in [7, 11) is -3.89. The lowest BCUT2D eigenvalue weighted by Gasteiger charge is -2.13. The number of ether oxygens (including phenoxy) is 1. The van der Waals surface area contributed by atoms with Gasteiger partial charge in [-0.1, -0.05) is 47.2 Å². The number of carbonyl (C=O) groups excluding carboxylic acids is 1. The van der Waals surface area contributed by atoms with E-state index >= 15 is 0 Å². The van der Waals surface area contributed by atoms with Gasteiger partial charge in [-0.25, -0.2) is 13.1 Å². The van der Waals surface area contributed by atoms with Crippen molar-refractivity contribution in [1.29, 1.82) is 0 Å². The Kier molecular flexibility index (Phi) is 6.57. The number of hydrogen-bond acceptors (Lipinski definition) is 7. The van der Waals surface area contributed by atoms with Crippen LogP contribution in [0.1, 0.15) is 22.8 Å². The average molecular weight is 433 g/mol. The highest BCUT2D eigenvalue weighted by Crippen LogP contribution is 2.21. The van der Waals surface area contributed by atoms with Crippen molar-refractivity contribution in [2.75, 3.05) is 11.9 Å². The molecule has 8 nitrogen and oxygen atoms in total. The van der Waals surface area contributed by atoms with Gasteiger partial charge in [-0.15, -0.1) is 10.2 Å². The van der Waals surface area contributed by atoms with E-state index in [-0.39, 0.29) is 22.0 Å². The first-order valence-electron chi connectivity index (χ1n) is 8.75. The number of anilines is 1. The fourth-order valence-electron chi connectivity index (χ4n) is 2.41. The molecule has 1 atom stereocenters. The van der Waals surface area contributed by atoms with Crippen LogP contribution < -0.4 is 14.8 Å². The predicted octanol–water partition coefficient (Wildman–Crippen LogP) is 2.84. The molecule has 3 rings (SSSR count). The van der Waals surface area contributed by atoms with Crippen LogP contribution in [0.25, 0.3) is 0 Å². The Balaban J connectivity index is 1.60. The van der Waals surface area contributed by atoms with Crippen LogP contribution in [0.2, 0.25) is 0 Å². The van der Waals surface area contributed by atoms with Crippen LogP contribution in [0.4, 0.5) is 5.13 Å². The third-order valence-electron chi connectivity index (χ3n) is 3.74. The van der Waals surface area contributed by atoms with Gasteiger partial charge >= 0.3 is 0 Å². The molecule has 0 fully saturated rings. The van der Waals surface area contributed by atoms with E-state index in [0.29, 0.717) is 11.3 Å². The Bertz CT molecular complexity index is 1080. The zero-order valence-electron chi connectivity index (χ0n) is 15.8. The fraction of sp³-hybridized carbons (Fsp3) is 0.211. The van der Waals surface area contributed by atoms with E-state index in [1.165, 1.54) is 0 Å². The van der Waals surface area contributed by atoms with E-state index in [4.69, 9.17) is 4.74 Å². The van der Waals surface area contributed by atoms with Gasteiger partial charge in [-0.3, -0.25) is 10.1 Å². The second kappa shape index (κ2) is 9.12. The number of aryl methyl sites for hydroxylation is 1. The fourth-order valence-corrected chi connectivity index (χ4v) is 4.55. The molecule has 0 saturated carbocycles. The minimum atomic E-state index is -3.89. The summed E-state index contributed by atoms with van der Waals surface area (Å²) in [5, 5.41) is 10.1. The second-order valence-electron chi connectivity index (χ2n) is 6.34. The topological polar surface area (TPSA) is 110 Å². The van der Waals surface area contributed by atoms with Gasteiger partial charge in [0, 0.05) is 5.56 Å². The summed E-state index contributed by atoms with van der Waals surface area (Å²) in [5.41, 5.74) is 1.39. The molecule has 0 saturated heterocycles. The molecule has 0 unspecified atom stereocenters. The molecule has 1 amide bonds. The molecule has 1 heterocycles. The number of para-hydroxylation sites is 1. The van der Waals surface area contributed by atoms with Crippen molar-refractivity contribution in [3.05, 3.63) is 65.7 Å². The summed E-state index contributed by atoms with van der Waals surface area (Å²) in [6.45, 7) is 3.71. The molecule has 2 aromatic carbocycles. The lowest BCUT2D eigenvalue weighted by atomic mass is 10.1. The number of aromatic nitrogens is 2. The molecule has 0 bridgehead atoms. The molecule has 152 valence electrons. The van der Waals surface area contributed by atoms with Crippen LogP contribution in [-0.4, -0.2) is 37.2 Å². The summed E-state index contributed by atoms with van der Waals surface area (Å²) in [6.07, 6.45) is 0. The van der Waals surface area contributed by atoms with Crippen molar-refractivity contribution in [1.82, 2.24) is 14.9 Å². The van der Waals surface area contributed by atoms with E-state index in [1.54, 1.807) is 37.3 Å². The minimum absolute atomic E-state index is 0.102. The highest BCUT2D eigenvalue weighted by molar-refractivity contribution is 7.91. The Hall–Kier alpha value is -2.82. The molecule has 2 N–H and O–H groups in total. The molecule has 3 aromatic rings. The van der Waals surface area contributed by atoms with Gasteiger partial charge < -0.3 is 4.74 Å². The number of rotatable bonds is 8. The number of sulfonamides is 1. The number of carbonyl (C=O) groups is 1. The van der Waals surface area contributed by atoms with E-state index in [9.17, 15) is 13.2 Å². The normalized spacial score (nSPS) is 12.3. The lowest BCUT2D eigenvalue weighted by Crippen LogP contribution is -2.36. The van der Waals surface area contributed by atoms with E-state index in [1.807, 2.05) is 31.2 Å². The molecular formula is C19H20N4O4S2. The molecule has 10 heteroatoms. The Morgan fingerprint density at radius 3 is 2.62 bits per heavy atom. The van der Waals surface area contributed by atoms with E-state index < -0.39 is 16.1 Å². The summed E-state index contributed by atoms with van der Waals surface area (Å²) >= 11 is 0.778. The molecule has 0 aliphatic carbocycles. The Morgan fingerprint density at radius 2 is 1.90 bits per heavy atom. The van der Waals surface area contributed by atoms with Crippen molar-refractivity contribution >= 4 is 32.4 Å². The zero-order chi connectivity index (χ0) is 20.9. The Labute approximate surface area is 173 Å². The number of amides is 1. The summed E-state index contributed by atoms with van der Waals surface area (Å²) in [5.74, 6) is 0.266. The van der Waals surface area contributed by atoms with Gasteiger partial charge in [0.25, 0.3) is 15.9 Å². The van der Waals surface area contributed by atoms with Gasteiger partial charge in [-0.2, -0.15) is 0 Å². The third kappa shape index (κ3) is 5.83. The lowest BCUT2D eigenvalue weighted by molar-refractivity contribution is 0.102. The van der Waals surface area contributed by atoms with Gasteiger partial charge in [0.1, 0.15) is 12.4 Å². The smallest absolute Gasteiger partial charge is 0.270 e. The Morgan fingerprint density at radius 1 is 1.14 bits per heavy atom. The molecule has 0 spiro atoms. The molecule has 0 aliphatic heterocycles. The number of nitrogens with zero attached hydrogens (tertiary/aromatic N) is 2. The molecule has 29 heavy (non-hydrogen) atoms. The average Bonchev–Trinajstić information content (AvgIpc) is 3.16. The van der Waals surface area contributed by atoms with Crippen LogP contribution in [0.3, 0.4) is 0 Å². The van der Waals surface area contributed by atoms with Crippen LogP contribution >= 0.6 is 11.3 Å². The summed E-state index contributed by atoms with van der Waals surface area (Å²) in [4.78, 5) is 12.3. The minimum Gasteiger partial charge on any atom is -0.492 e. The van der Waals surface area contributed by atoms with Crippen LogP contribution in [0.15, 0.2) is 58.9 Å². The molecule has 0 aliphatic rings. The van der Waals surface area contributed by atoms with Gasteiger partial charge in [0.15, 0.2) is 0 Å². The maximum Gasteiger partial charge on any atom is 0.270 e. The first-order valence-corrected chi connectivity index (χ1v) is 11.0. The van der Waals surface area contributed by atoms with Crippen molar-refractivity contribution in [3.63, 3.8) is 0 Å². The molecule has 0 radical (unpaired) electrons. The first kappa shape index (κ1) is 20.9. The van der Waals surface area contributed by atoms with Gasteiger partial charge in [0.05, 0.1) is 6.04 Å².